The van der Waals surface area contributed by atoms with Crippen molar-refractivity contribution in [2.24, 2.45) is 0 Å². The van der Waals surface area contributed by atoms with Gasteiger partial charge in [0.25, 0.3) is 0 Å². The van der Waals surface area contributed by atoms with E-state index in [-0.39, 0.29) is 5.91 Å². The number of carbonyl (C=O) groups excluding carboxylic acids is 1. The molecular formula is C28H32N4O. The van der Waals surface area contributed by atoms with Gasteiger partial charge in [-0.1, -0.05) is 49.2 Å². The highest BCUT2D eigenvalue weighted by Gasteiger charge is 2.25. The summed E-state index contributed by atoms with van der Waals surface area (Å²) >= 11 is 0. The fraction of sp³-hybridized carbons (Fsp3) is 0.321. The zero-order valence-corrected chi connectivity index (χ0v) is 19.8. The van der Waals surface area contributed by atoms with Gasteiger partial charge in [-0.2, -0.15) is 0 Å². The Labute approximate surface area is 196 Å². The highest BCUT2D eigenvalue weighted by atomic mass is 16.2. The van der Waals surface area contributed by atoms with Gasteiger partial charge in [-0.3, -0.25) is 9.78 Å². The van der Waals surface area contributed by atoms with Gasteiger partial charge in [-0.25, -0.2) is 4.98 Å². The van der Waals surface area contributed by atoms with Crippen molar-refractivity contribution >= 4 is 17.6 Å². The third-order valence-corrected chi connectivity index (χ3v) is 6.28. The molecule has 0 spiro atoms. The van der Waals surface area contributed by atoms with Crippen molar-refractivity contribution in [1.82, 2.24) is 19.9 Å². The van der Waals surface area contributed by atoms with Crippen LogP contribution in [0.4, 0.5) is 0 Å². The number of imidazole rings is 1. The third-order valence-electron chi connectivity index (χ3n) is 6.28. The van der Waals surface area contributed by atoms with Crippen LogP contribution in [0.1, 0.15) is 60.3 Å². The molecule has 0 bridgehead atoms. The minimum Gasteiger partial charge on any atom is -0.345 e. The topological polar surface area (TPSA) is 61.9 Å². The van der Waals surface area contributed by atoms with Crippen LogP contribution in [0.25, 0.3) is 11.6 Å². The lowest BCUT2D eigenvalue weighted by molar-refractivity contribution is -0.126. The van der Waals surface area contributed by atoms with Gasteiger partial charge < -0.3 is 9.88 Å². The van der Waals surface area contributed by atoms with E-state index < -0.39 is 0 Å². The Morgan fingerprint density at radius 2 is 1.85 bits per heavy atom. The predicted octanol–water partition coefficient (Wildman–Crippen LogP) is 5.38. The van der Waals surface area contributed by atoms with Crippen molar-refractivity contribution in [3.05, 3.63) is 94.3 Å². The van der Waals surface area contributed by atoms with Crippen LogP contribution in [-0.2, 0) is 17.6 Å². The number of aromatic nitrogens is 3. The number of nitrogens with zero attached hydrogens (tertiary/aromatic N) is 3. The number of pyridine rings is 1. The average molecular weight is 441 g/mol. The molecule has 0 unspecified atom stereocenters. The molecule has 1 fully saturated rings. The third kappa shape index (κ3) is 4.98. The summed E-state index contributed by atoms with van der Waals surface area (Å²) in [5, 5.41) is 0. The van der Waals surface area contributed by atoms with Gasteiger partial charge in [0.15, 0.2) is 0 Å². The van der Waals surface area contributed by atoms with Crippen molar-refractivity contribution in [2.75, 3.05) is 13.1 Å². The first-order chi connectivity index (χ1) is 16.2. The van der Waals surface area contributed by atoms with E-state index in [1.165, 1.54) is 33.4 Å². The molecule has 33 heavy (non-hydrogen) atoms. The van der Waals surface area contributed by atoms with E-state index in [0.717, 1.165) is 50.2 Å². The Kier molecular flexibility index (Phi) is 7.18. The second-order valence-electron chi connectivity index (χ2n) is 8.32. The molecule has 1 aliphatic carbocycles. The molecule has 0 atom stereocenters. The Morgan fingerprint density at radius 3 is 2.61 bits per heavy atom. The molecule has 2 aliphatic rings. The van der Waals surface area contributed by atoms with Crippen LogP contribution < -0.4 is 0 Å². The molecule has 0 radical (unpaired) electrons. The van der Waals surface area contributed by atoms with Crippen molar-refractivity contribution < 1.29 is 4.79 Å². The number of likely N-dealkylation sites (tertiary alicyclic amines) is 1. The van der Waals surface area contributed by atoms with Crippen LogP contribution in [0.5, 0.6) is 0 Å². The summed E-state index contributed by atoms with van der Waals surface area (Å²) in [6, 6.07) is 11.0. The molecule has 0 saturated carbocycles. The van der Waals surface area contributed by atoms with E-state index in [4.69, 9.17) is 4.98 Å². The van der Waals surface area contributed by atoms with Gasteiger partial charge in [-0.15, -0.1) is 0 Å². The lowest BCUT2D eigenvalue weighted by Gasteiger charge is -2.29. The van der Waals surface area contributed by atoms with E-state index in [9.17, 15) is 4.79 Å². The minimum absolute atomic E-state index is 0.0501. The molecule has 5 nitrogen and oxygen atoms in total. The van der Waals surface area contributed by atoms with Crippen molar-refractivity contribution in [1.29, 1.82) is 0 Å². The number of benzene rings is 1. The number of nitrogens with one attached hydrogen (secondary N) is 1. The first-order valence-corrected chi connectivity index (χ1v) is 11.9. The van der Waals surface area contributed by atoms with Crippen molar-refractivity contribution in [3.8, 4) is 0 Å². The summed E-state index contributed by atoms with van der Waals surface area (Å²) in [4.78, 5) is 26.4. The Morgan fingerprint density at radius 1 is 1.06 bits per heavy atom. The molecule has 5 heteroatoms. The number of hydrogen-bond donors (Lipinski definition) is 1. The summed E-state index contributed by atoms with van der Waals surface area (Å²) < 4.78 is 0. The van der Waals surface area contributed by atoms with Crippen LogP contribution in [0.3, 0.4) is 0 Å². The van der Waals surface area contributed by atoms with Gasteiger partial charge in [-0.05, 0) is 61.4 Å². The summed E-state index contributed by atoms with van der Waals surface area (Å²) in [5.41, 5.74) is 10.0. The summed E-state index contributed by atoms with van der Waals surface area (Å²) in [7, 11) is 0. The standard InChI is InChI=1S/C26H26N4O.C2H6/c1-18-4-8-23-21(15-18)6-5-20-3-2-12-28-26(20)25(23)19-10-13-30(14-11-19)24(31)9-7-22-16-27-17-29-22;1-2/h2-4,7-9,12,15-17H,5-6,10-11,13-14H2,1H3,(H,27,29);1-2H3/b9-7+;. The molecule has 5 rings (SSSR count). The summed E-state index contributed by atoms with van der Waals surface area (Å²) in [5.74, 6) is 0.0501. The zero-order valence-electron chi connectivity index (χ0n) is 19.8. The first-order valence-electron chi connectivity index (χ1n) is 11.9. The lowest BCUT2D eigenvalue weighted by Crippen LogP contribution is -2.35. The molecule has 1 aliphatic heterocycles. The number of H-pyrrole nitrogens is 1. The van der Waals surface area contributed by atoms with E-state index in [1.807, 2.05) is 31.0 Å². The number of hydrogen-bond acceptors (Lipinski definition) is 3. The van der Waals surface area contributed by atoms with Crippen molar-refractivity contribution in [2.45, 2.75) is 46.5 Å². The molecule has 3 aromatic rings. The number of fused-ring (bicyclic) bond motifs is 2. The lowest BCUT2D eigenvalue weighted by atomic mass is 9.88. The fourth-order valence-corrected chi connectivity index (χ4v) is 4.66. The Bertz CT molecular complexity index is 1160. The van der Waals surface area contributed by atoms with Crippen LogP contribution in [0, 0.1) is 6.92 Å². The quantitative estimate of drug-likeness (QED) is 0.545. The highest BCUT2D eigenvalue weighted by molar-refractivity contribution is 5.92. The number of piperidine rings is 1. The summed E-state index contributed by atoms with van der Waals surface area (Å²) in [6.45, 7) is 7.62. The number of aryl methyl sites for hydroxylation is 3. The number of amides is 1. The molecule has 1 N–H and O–H groups in total. The fourth-order valence-electron chi connectivity index (χ4n) is 4.66. The molecule has 1 aromatic carbocycles. The van der Waals surface area contributed by atoms with Gasteiger partial charge in [0.2, 0.25) is 5.91 Å². The summed E-state index contributed by atoms with van der Waals surface area (Å²) in [6.07, 6.45) is 12.4. The Balaban J connectivity index is 0.00000126. The highest BCUT2D eigenvalue weighted by Crippen LogP contribution is 2.37. The second kappa shape index (κ2) is 10.4. The van der Waals surface area contributed by atoms with E-state index in [0.29, 0.717) is 0 Å². The van der Waals surface area contributed by atoms with Gasteiger partial charge >= 0.3 is 0 Å². The van der Waals surface area contributed by atoms with E-state index in [1.54, 1.807) is 24.7 Å². The largest absolute Gasteiger partial charge is 0.345 e. The Hall–Kier alpha value is -3.47. The maximum atomic E-state index is 12.6. The molecule has 3 heterocycles. The van der Waals surface area contributed by atoms with Crippen LogP contribution in [0.2, 0.25) is 0 Å². The normalized spacial score (nSPS) is 15.4. The monoisotopic (exact) mass is 440 g/mol. The van der Waals surface area contributed by atoms with Crippen LogP contribution in [0.15, 0.2) is 60.7 Å². The minimum atomic E-state index is 0.0501. The average Bonchev–Trinajstić information content (AvgIpc) is 3.33. The van der Waals surface area contributed by atoms with Crippen LogP contribution >= 0.6 is 0 Å². The van der Waals surface area contributed by atoms with Crippen molar-refractivity contribution in [3.63, 3.8) is 0 Å². The molecule has 170 valence electrons. The maximum Gasteiger partial charge on any atom is 0.246 e. The molecule has 2 aromatic heterocycles. The second-order valence-corrected chi connectivity index (χ2v) is 8.32. The number of carbonyl (C=O) groups is 1. The molecule has 1 saturated heterocycles. The maximum absolute atomic E-state index is 12.6. The van der Waals surface area contributed by atoms with E-state index in [2.05, 4.69) is 41.2 Å². The smallest absolute Gasteiger partial charge is 0.246 e. The van der Waals surface area contributed by atoms with E-state index >= 15 is 0 Å². The van der Waals surface area contributed by atoms with Gasteiger partial charge in [0.1, 0.15) is 0 Å². The zero-order chi connectivity index (χ0) is 23.2. The number of rotatable bonds is 2. The SMILES string of the molecule is CC.Cc1ccc2c(c1)CCc1cccnc1C2=C1CCN(C(=O)/C=C/c2cnc[nH]2)CC1. The predicted molar refractivity (Wildman–Crippen MR) is 134 cm³/mol. The van der Waals surface area contributed by atoms with Gasteiger partial charge in [0, 0.05) is 30.9 Å². The molecule has 1 amide bonds. The first kappa shape index (κ1) is 22.7. The van der Waals surface area contributed by atoms with Crippen LogP contribution in [-0.4, -0.2) is 38.8 Å². The number of aromatic amines is 1. The van der Waals surface area contributed by atoms with Gasteiger partial charge in [0.05, 0.1) is 23.9 Å². The molecular weight excluding hydrogens is 408 g/mol.